The van der Waals surface area contributed by atoms with Gasteiger partial charge in [0.25, 0.3) is 5.56 Å². The minimum absolute atomic E-state index is 0.0813. The first-order valence-corrected chi connectivity index (χ1v) is 11.5. The van der Waals surface area contributed by atoms with Crippen molar-refractivity contribution in [1.82, 2.24) is 4.57 Å². The molecular weight excluding hydrogens is 444 g/mol. The van der Waals surface area contributed by atoms with Crippen molar-refractivity contribution in [3.63, 3.8) is 0 Å². The molecule has 0 radical (unpaired) electrons. The zero-order valence-electron chi connectivity index (χ0n) is 20.7. The molecule has 0 aliphatic carbocycles. The van der Waals surface area contributed by atoms with Crippen molar-refractivity contribution in [3.05, 3.63) is 86.7 Å². The highest BCUT2D eigenvalue weighted by molar-refractivity contribution is 6.03. The molecule has 0 fully saturated rings. The number of benzene rings is 2. The quantitative estimate of drug-likeness (QED) is 0.449. The van der Waals surface area contributed by atoms with Crippen LogP contribution in [0.3, 0.4) is 0 Å². The average molecular weight is 475 g/mol. The first-order valence-electron chi connectivity index (χ1n) is 11.5. The summed E-state index contributed by atoms with van der Waals surface area (Å²) in [6.07, 6.45) is -0.531. The smallest absolute Gasteiger partial charge is 0.271 e. The van der Waals surface area contributed by atoms with Crippen LogP contribution in [0.25, 0.3) is 0 Å². The third-order valence-corrected chi connectivity index (χ3v) is 6.06. The van der Waals surface area contributed by atoms with Gasteiger partial charge in [0.05, 0.1) is 12.7 Å². The van der Waals surface area contributed by atoms with Crippen LogP contribution in [0.2, 0.25) is 0 Å². The summed E-state index contributed by atoms with van der Waals surface area (Å²) in [5.41, 5.74) is 1.31. The van der Waals surface area contributed by atoms with E-state index in [1.54, 1.807) is 38.3 Å². The van der Waals surface area contributed by atoms with E-state index < -0.39 is 23.3 Å². The summed E-state index contributed by atoms with van der Waals surface area (Å²) in [7, 11) is 1.58. The lowest BCUT2D eigenvalue weighted by Gasteiger charge is -2.19. The normalized spacial score (nSPS) is 11.7. The second-order valence-corrected chi connectivity index (χ2v) is 8.71. The van der Waals surface area contributed by atoms with Crippen molar-refractivity contribution in [2.45, 2.75) is 52.7 Å². The predicted octanol–water partition coefficient (Wildman–Crippen LogP) is 4.76. The lowest BCUT2D eigenvalue weighted by atomic mass is 9.99. The van der Waals surface area contributed by atoms with Crippen molar-refractivity contribution in [1.29, 1.82) is 5.26 Å². The van der Waals surface area contributed by atoms with Crippen LogP contribution in [0.1, 0.15) is 59.3 Å². The molecule has 1 atom stereocenters. The SMILES string of the molecule is COc1ccc(CCn2c(O)c(C(=O)C(C)Oc3ccc(C(C)C)cc3)c(C)c(C#N)c2=O)cc1. The zero-order chi connectivity index (χ0) is 25.7. The van der Waals surface area contributed by atoms with Crippen LogP contribution in [0.5, 0.6) is 17.4 Å². The second-order valence-electron chi connectivity index (χ2n) is 8.71. The largest absolute Gasteiger partial charge is 0.497 e. The zero-order valence-corrected chi connectivity index (χ0v) is 20.7. The van der Waals surface area contributed by atoms with Crippen LogP contribution in [-0.2, 0) is 13.0 Å². The van der Waals surface area contributed by atoms with Gasteiger partial charge in [-0.2, -0.15) is 5.26 Å². The number of ketones is 1. The number of hydrogen-bond donors (Lipinski definition) is 1. The number of hydrogen-bond acceptors (Lipinski definition) is 6. The van der Waals surface area contributed by atoms with Gasteiger partial charge in [-0.3, -0.25) is 14.2 Å². The maximum Gasteiger partial charge on any atom is 0.271 e. The number of pyridine rings is 1. The Kier molecular flexibility index (Phi) is 7.98. The number of Topliss-reactive ketones (excluding diaryl/α,β-unsaturated/α-hetero) is 1. The van der Waals surface area contributed by atoms with Gasteiger partial charge in [0, 0.05) is 6.54 Å². The van der Waals surface area contributed by atoms with Gasteiger partial charge < -0.3 is 14.6 Å². The van der Waals surface area contributed by atoms with E-state index in [1.807, 2.05) is 30.3 Å². The minimum Gasteiger partial charge on any atom is -0.497 e. The van der Waals surface area contributed by atoms with E-state index in [0.29, 0.717) is 23.8 Å². The van der Waals surface area contributed by atoms with E-state index in [9.17, 15) is 20.0 Å². The van der Waals surface area contributed by atoms with Crippen molar-refractivity contribution in [2.24, 2.45) is 0 Å². The van der Waals surface area contributed by atoms with Crippen LogP contribution >= 0.6 is 0 Å². The van der Waals surface area contributed by atoms with E-state index in [2.05, 4.69) is 13.8 Å². The van der Waals surface area contributed by atoms with Gasteiger partial charge in [-0.25, -0.2) is 0 Å². The Morgan fingerprint density at radius 2 is 1.66 bits per heavy atom. The van der Waals surface area contributed by atoms with Crippen molar-refractivity contribution < 1.29 is 19.4 Å². The average Bonchev–Trinajstić information content (AvgIpc) is 2.84. The Hall–Kier alpha value is -4.05. The third kappa shape index (κ3) is 5.55. The molecule has 0 bridgehead atoms. The molecule has 0 spiro atoms. The van der Waals surface area contributed by atoms with Crippen LogP contribution in [0.4, 0.5) is 0 Å². The summed E-state index contributed by atoms with van der Waals surface area (Å²) >= 11 is 0. The Morgan fingerprint density at radius 1 is 1.06 bits per heavy atom. The molecule has 0 aliphatic heterocycles. The Labute approximate surface area is 205 Å². The van der Waals surface area contributed by atoms with Gasteiger partial charge >= 0.3 is 0 Å². The molecule has 1 heterocycles. The highest BCUT2D eigenvalue weighted by Crippen LogP contribution is 2.26. The molecule has 1 aromatic heterocycles. The van der Waals surface area contributed by atoms with Gasteiger partial charge in [-0.05, 0) is 67.1 Å². The summed E-state index contributed by atoms with van der Waals surface area (Å²) in [6.45, 7) is 7.34. The van der Waals surface area contributed by atoms with E-state index in [0.717, 1.165) is 15.7 Å². The number of rotatable bonds is 9. The molecule has 0 saturated carbocycles. The number of nitrogens with zero attached hydrogens (tertiary/aromatic N) is 2. The van der Waals surface area contributed by atoms with E-state index in [-0.39, 0.29) is 23.2 Å². The molecule has 2 aromatic carbocycles. The fraction of sp³-hybridized carbons (Fsp3) is 0.321. The maximum absolute atomic E-state index is 13.3. The number of aromatic nitrogens is 1. The second kappa shape index (κ2) is 10.9. The summed E-state index contributed by atoms with van der Waals surface area (Å²) < 4.78 is 12.1. The monoisotopic (exact) mass is 474 g/mol. The predicted molar refractivity (Wildman–Crippen MR) is 133 cm³/mol. The summed E-state index contributed by atoms with van der Waals surface area (Å²) in [5, 5.41) is 20.6. The number of aryl methyl sites for hydroxylation is 1. The van der Waals surface area contributed by atoms with Gasteiger partial charge in [0.1, 0.15) is 23.1 Å². The molecule has 1 N–H and O–H groups in total. The van der Waals surface area contributed by atoms with Gasteiger partial charge in [0.15, 0.2) is 6.10 Å². The number of nitriles is 1. The topological polar surface area (TPSA) is 102 Å². The first-order chi connectivity index (χ1) is 16.7. The highest BCUT2D eigenvalue weighted by atomic mass is 16.5. The van der Waals surface area contributed by atoms with E-state index in [1.165, 1.54) is 6.92 Å². The van der Waals surface area contributed by atoms with Crippen LogP contribution in [0, 0.1) is 18.3 Å². The summed E-state index contributed by atoms with van der Waals surface area (Å²) in [4.78, 5) is 26.2. The minimum atomic E-state index is -0.941. The van der Waals surface area contributed by atoms with Gasteiger partial charge in [-0.1, -0.05) is 38.1 Å². The van der Waals surface area contributed by atoms with Crippen molar-refractivity contribution in [3.8, 4) is 23.4 Å². The molecule has 35 heavy (non-hydrogen) atoms. The number of methoxy groups -OCH3 is 1. The molecule has 182 valence electrons. The molecule has 7 heteroatoms. The summed E-state index contributed by atoms with van der Waals surface area (Å²) in [5.74, 6) is 0.613. The molecule has 3 aromatic rings. The van der Waals surface area contributed by atoms with Crippen LogP contribution < -0.4 is 15.0 Å². The third-order valence-electron chi connectivity index (χ3n) is 6.06. The van der Waals surface area contributed by atoms with Crippen molar-refractivity contribution >= 4 is 5.78 Å². The standard InChI is InChI=1S/C28H30N2O5/c1-17(2)21-8-12-23(13-9-21)35-19(4)26(31)25-18(3)24(16-29)27(32)30(28(25)33)15-14-20-6-10-22(34-5)11-7-20/h6-13,17,19,33H,14-15H2,1-5H3. The molecule has 3 rings (SSSR count). The number of carbonyl (C=O) groups is 1. The molecular formula is C28H30N2O5. The molecule has 0 amide bonds. The maximum atomic E-state index is 13.3. The van der Waals surface area contributed by atoms with E-state index in [4.69, 9.17) is 9.47 Å². The number of ether oxygens (including phenoxy) is 2. The molecule has 0 saturated heterocycles. The number of carbonyl (C=O) groups excluding carboxylic acids is 1. The van der Waals surface area contributed by atoms with Gasteiger partial charge in [0.2, 0.25) is 11.7 Å². The van der Waals surface area contributed by atoms with E-state index >= 15 is 0 Å². The fourth-order valence-corrected chi connectivity index (χ4v) is 3.88. The van der Waals surface area contributed by atoms with Gasteiger partial charge in [-0.15, -0.1) is 0 Å². The Balaban J connectivity index is 1.90. The van der Waals surface area contributed by atoms with Crippen molar-refractivity contribution in [2.75, 3.05) is 7.11 Å². The lowest BCUT2D eigenvalue weighted by molar-refractivity contribution is 0.0812. The van der Waals surface area contributed by atoms with Crippen LogP contribution in [0.15, 0.2) is 53.3 Å². The Morgan fingerprint density at radius 3 is 2.20 bits per heavy atom. The highest BCUT2D eigenvalue weighted by Gasteiger charge is 2.28. The number of aromatic hydroxyl groups is 1. The Bertz CT molecular complexity index is 1300. The molecule has 7 nitrogen and oxygen atoms in total. The summed E-state index contributed by atoms with van der Waals surface area (Å²) in [6, 6.07) is 16.7. The van der Waals surface area contributed by atoms with Crippen LogP contribution in [-0.4, -0.2) is 28.7 Å². The molecule has 1 unspecified atom stereocenters. The lowest BCUT2D eigenvalue weighted by Crippen LogP contribution is -2.31. The fourth-order valence-electron chi connectivity index (χ4n) is 3.88. The first kappa shape index (κ1) is 25.6. The molecule has 0 aliphatic rings.